The Bertz CT molecular complexity index is 698. The Morgan fingerprint density at radius 1 is 1.11 bits per heavy atom. The van der Waals surface area contributed by atoms with Gasteiger partial charge in [-0.25, -0.2) is 8.78 Å². The lowest BCUT2D eigenvalue weighted by Gasteiger charge is -2.42. The van der Waals surface area contributed by atoms with E-state index in [1.165, 1.54) is 0 Å². The van der Waals surface area contributed by atoms with Crippen molar-refractivity contribution in [3.63, 3.8) is 0 Å². The minimum absolute atomic E-state index is 0.0431. The predicted molar refractivity (Wildman–Crippen MR) is 105 cm³/mol. The summed E-state index contributed by atoms with van der Waals surface area (Å²) in [5, 5.41) is 0. The Hall–Kier alpha value is -1.22. The van der Waals surface area contributed by atoms with Gasteiger partial charge in [0.2, 0.25) is 0 Å². The van der Waals surface area contributed by atoms with Crippen molar-refractivity contribution in [2.24, 2.45) is 17.8 Å². The molecular weight excluding hydrogens is 342 g/mol. The largest absolute Gasteiger partial charge is 0.374 e. The number of halogens is 2. The monoisotopic (exact) mass is 374 g/mol. The molecule has 5 atom stereocenters. The summed E-state index contributed by atoms with van der Waals surface area (Å²) in [7, 11) is 0. The van der Waals surface area contributed by atoms with E-state index in [1.54, 1.807) is 6.07 Å². The number of hydrogen-bond acceptors (Lipinski definition) is 1. The van der Waals surface area contributed by atoms with Crippen LogP contribution in [0.2, 0.25) is 0 Å². The molecule has 148 valence electrons. The second-order valence-corrected chi connectivity index (χ2v) is 9.16. The van der Waals surface area contributed by atoms with Crippen LogP contribution in [-0.2, 0) is 17.6 Å². The maximum Gasteiger partial charge on any atom is 0.133 e. The quantitative estimate of drug-likeness (QED) is 0.558. The summed E-state index contributed by atoms with van der Waals surface area (Å²) in [6, 6.07) is 1.65. The van der Waals surface area contributed by atoms with Gasteiger partial charge in [0.25, 0.3) is 0 Å². The van der Waals surface area contributed by atoms with E-state index >= 15 is 4.39 Å². The first-order valence-electron chi connectivity index (χ1n) is 10.8. The van der Waals surface area contributed by atoms with Crippen LogP contribution in [0.5, 0.6) is 0 Å². The van der Waals surface area contributed by atoms with E-state index in [0.717, 1.165) is 68.9 Å². The van der Waals surface area contributed by atoms with Crippen molar-refractivity contribution in [1.29, 1.82) is 0 Å². The fourth-order valence-electron chi connectivity index (χ4n) is 5.88. The van der Waals surface area contributed by atoms with E-state index in [9.17, 15) is 4.39 Å². The second kappa shape index (κ2) is 8.03. The summed E-state index contributed by atoms with van der Waals surface area (Å²) < 4.78 is 36.1. The molecule has 1 aromatic rings. The Morgan fingerprint density at radius 2 is 1.89 bits per heavy atom. The third-order valence-electron chi connectivity index (χ3n) is 7.33. The topological polar surface area (TPSA) is 9.23 Å². The minimum Gasteiger partial charge on any atom is -0.374 e. The highest BCUT2D eigenvalue weighted by Crippen LogP contribution is 2.48. The van der Waals surface area contributed by atoms with Crippen molar-refractivity contribution in [1.82, 2.24) is 0 Å². The molecule has 2 saturated carbocycles. The van der Waals surface area contributed by atoms with E-state index in [4.69, 9.17) is 4.74 Å². The molecule has 0 amide bonds. The van der Waals surface area contributed by atoms with E-state index < -0.39 is 0 Å². The van der Waals surface area contributed by atoms with Gasteiger partial charge in [-0.15, -0.1) is 6.58 Å². The van der Waals surface area contributed by atoms with E-state index in [0.29, 0.717) is 36.0 Å². The molecule has 0 aromatic heterocycles. The van der Waals surface area contributed by atoms with Crippen molar-refractivity contribution in [2.45, 2.75) is 76.7 Å². The maximum absolute atomic E-state index is 15.3. The summed E-state index contributed by atoms with van der Waals surface area (Å²) in [5.41, 5.74) is 2.10. The molecule has 0 radical (unpaired) electrons. The Balaban J connectivity index is 1.49. The standard InChI is InChI=1S/C24H32F2O/c1-3-10-27-20-8-7-16-12-18(6-5-17(16)13-20)23-22(25)14-19-11-15(2)4-9-21(19)24(23)26/h3,14-18,20H,1,4-13H2,2H3. The van der Waals surface area contributed by atoms with Crippen molar-refractivity contribution in [3.05, 3.63) is 47.0 Å². The van der Waals surface area contributed by atoms with Gasteiger partial charge in [-0.3, -0.25) is 0 Å². The SMILES string of the molecule is C=CCOC1CCC2CC(c3c(F)cc4c(c3F)CCC(C)C4)CCC2C1. The van der Waals surface area contributed by atoms with Crippen LogP contribution in [0, 0.1) is 29.4 Å². The molecule has 1 aromatic carbocycles. The highest BCUT2D eigenvalue weighted by atomic mass is 19.1. The fraction of sp³-hybridized carbons (Fsp3) is 0.667. The van der Waals surface area contributed by atoms with Crippen molar-refractivity contribution < 1.29 is 13.5 Å². The van der Waals surface area contributed by atoms with Crippen LogP contribution in [0.1, 0.15) is 74.5 Å². The third-order valence-corrected chi connectivity index (χ3v) is 7.33. The smallest absolute Gasteiger partial charge is 0.133 e. The molecule has 4 rings (SSSR count). The van der Waals surface area contributed by atoms with E-state index in [2.05, 4.69) is 13.5 Å². The van der Waals surface area contributed by atoms with Gasteiger partial charge >= 0.3 is 0 Å². The van der Waals surface area contributed by atoms with Gasteiger partial charge in [0.1, 0.15) is 11.6 Å². The average molecular weight is 375 g/mol. The second-order valence-electron chi connectivity index (χ2n) is 9.16. The Morgan fingerprint density at radius 3 is 2.70 bits per heavy atom. The minimum atomic E-state index is -0.299. The van der Waals surface area contributed by atoms with Gasteiger partial charge in [0.15, 0.2) is 0 Å². The lowest BCUT2D eigenvalue weighted by Crippen LogP contribution is -2.34. The van der Waals surface area contributed by atoms with Gasteiger partial charge in [0.05, 0.1) is 12.7 Å². The lowest BCUT2D eigenvalue weighted by atomic mass is 9.65. The molecule has 0 bridgehead atoms. The van der Waals surface area contributed by atoms with E-state index in [1.807, 2.05) is 6.08 Å². The normalized spacial score (nSPS) is 33.2. The Kier molecular flexibility index (Phi) is 5.68. The average Bonchev–Trinajstić information content (AvgIpc) is 2.66. The first-order valence-corrected chi connectivity index (χ1v) is 10.8. The number of fused-ring (bicyclic) bond motifs is 2. The van der Waals surface area contributed by atoms with Crippen molar-refractivity contribution in [2.75, 3.05) is 6.61 Å². The number of hydrogen-bond donors (Lipinski definition) is 0. The van der Waals surface area contributed by atoms with Crippen LogP contribution < -0.4 is 0 Å². The van der Waals surface area contributed by atoms with Gasteiger partial charge in [0, 0.05) is 5.56 Å². The van der Waals surface area contributed by atoms with Crippen LogP contribution in [0.3, 0.4) is 0 Å². The van der Waals surface area contributed by atoms with E-state index in [-0.39, 0.29) is 17.6 Å². The number of benzene rings is 1. The molecule has 27 heavy (non-hydrogen) atoms. The summed E-state index contributed by atoms with van der Waals surface area (Å²) in [4.78, 5) is 0. The van der Waals surface area contributed by atoms with Gasteiger partial charge < -0.3 is 4.74 Å². The molecule has 3 aliphatic rings. The summed E-state index contributed by atoms with van der Waals surface area (Å²) in [6.45, 7) is 6.51. The molecule has 0 saturated heterocycles. The molecule has 5 unspecified atom stereocenters. The summed E-state index contributed by atoms with van der Waals surface area (Å²) >= 11 is 0. The van der Waals surface area contributed by atoms with Gasteiger partial charge in [-0.05, 0) is 98.7 Å². The van der Waals surface area contributed by atoms with Crippen molar-refractivity contribution >= 4 is 0 Å². The van der Waals surface area contributed by atoms with Crippen LogP contribution in [0.4, 0.5) is 8.78 Å². The fourth-order valence-corrected chi connectivity index (χ4v) is 5.88. The molecule has 3 heteroatoms. The molecule has 1 nitrogen and oxygen atoms in total. The van der Waals surface area contributed by atoms with Crippen LogP contribution in [-0.4, -0.2) is 12.7 Å². The third kappa shape index (κ3) is 3.85. The molecule has 0 spiro atoms. The predicted octanol–water partition coefficient (Wildman–Crippen LogP) is 6.34. The zero-order chi connectivity index (χ0) is 19.0. The Labute approximate surface area is 162 Å². The maximum atomic E-state index is 15.3. The first-order chi connectivity index (χ1) is 13.1. The summed E-state index contributed by atoms with van der Waals surface area (Å²) in [5.74, 6) is 1.28. The highest BCUT2D eigenvalue weighted by Gasteiger charge is 2.38. The van der Waals surface area contributed by atoms with Gasteiger partial charge in [-0.2, -0.15) is 0 Å². The molecule has 2 fully saturated rings. The first kappa shape index (κ1) is 19.1. The molecule has 3 aliphatic carbocycles. The zero-order valence-electron chi connectivity index (χ0n) is 16.5. The van der Waals surface area contributed by atoms with Crippen molar-refractivity contribution in [3.8, 4) is 0 Å². The number of rotatable bonds is 4. The molecule has 0 aliphatic heterocycles. The van der Waals surface area contributed by atoms with Crippen LogP contribution in [0.15, 0.2) is 18.7 Å². The van der Waals surface area contributed by atoms with Crippen LogP contribution >= 0.6 is 0 Å². The highest BCUT2D eigenvalue weighted by molar-refractivity contribution is 5.39. The summed E-state index contributed by atoms with van der Waals surface area (Å²) in [6.07, 6.45) is 10.9. The zero-order valence-corrected chi connectivity index (χ0v) is 16.5. The molecular formula is C24H32F2O. The molecule has 0 heterocycles. The number of ether oxygens (including phenoxy) is 1. The van der Waals surface area contributed by atoms with Crippen LogP contribution in [0.25, 0.3) is 0 Å². The van der Waals surface area contributed by atoms with Gasteiger partial charge in [-0.1, -0.05) is 13.0 Å². The molecule has 0 N–H and O–H groups in total. The lowest BCUT2D eigenvalue weighted by molar-refractivity contribution is -0.00341.